The molecule has 2 aromatic rings. The minimum atomic E-state index is 0.288. The molecule has 17 heavy (non-hydrogen) atoms. The molecule has 0 aliphatic heterocycles. The van der Waals surface area contributed by atoms with E-state index in [1.807, 2.05) is 18.2 Å². The summed E-state index contributed by atoms with van der Waals surface area (Å²) < 4.78 is 7.68. The van der Waals surface area contributed by atoms with Crippen molar-refractivity contribution in [2.24, 2.45) is 0 Å². The summed E-state index contributed by atoms with van der Waals surface area (Å²) in [6.07, 6.45) is 0. The fraction of sp³-hybridized carbons (Fsp3) is 0.0667. The Kier molecular flexibility index (Phi) is 4.02. The van der Waals surface area contributed by atoms with Gasteiger partial charge in [-0.2, -0.15) is 0 Å². The zero-order chi connectivity index (χ0) is 12.1. The number of hydrogen-bond donors (Lipinski definition) is 0. The van der Waals surface area contributed by atoms with Crippen molar-refractivity contribution < 1.29 is 4.74 Å². The van der Waals surface area contributed by atoms with E-state index in [0.29, 0.717) is 0 Å². The van der Waals surface area contributed by atoms with Crippen LogP contribution >= 0.6 is 0 Å². The SMILES string of the molecule is C=C([Se]c1ccccc1)c1ccc(OC)cc1. The van der Waals surface area contributed by atoms with Gasteiger partial charge in [-0.1, -0.05) is 0 Å². The summed E-state index contributed by atoms with van der Waals surface area (Å²) in [6, 6.07) is 18.5. The molecule has 86 valence electrons. The Morgan fingerprint density at radius 1 is 1.00 bits per heavy atom. The average molecular weight is 289 g/mol. The molecule has 1 nitrogen and oxygen atoms in total. The Labute approximate surface area is 108 Å². The van der Waals surface area contributed by atoms with Gasteiger partial charge in [-0.05, 0) is 0 Å². The summed E-state index contributed by atoms with van der Waals surface area (Å²) in [7, 11) is 1.68. The molecule has 0 atom stereocenters. The Hall–Kier alpha value is -1.50. The first-order valence-electron chi connectivity index (χ1n) is 5.36. The third kappa shape index (κ3) is 3.23. The van der Waals surface area contributed by atoms with Crippen molar-refractivity contribution in [3.8, 4) is 5.75 Å². The molecule has 0 spiro atoms. The second-order valence-corrected chi connectivity index (χ2v) is 6.02. The fourth-order valence-electron chi connectivity index (χ4n) is 1.47. The molecule has 2 heteroatoms. The van der Waals surface area contributed by atoms with Crippen LogP contribution in [0.4, 0.5) is 0 Å². The van der Waals surface area contributed by atoms with E-state index >= 15 is 0 Å². The number of hydrogen-bond acceptors (Lipinski definition) is 1. The molecule has 0 fully saturated rings. The van der Waals surface area contributed by atoms with Gasteiger partial charge in [0.05, 0.1) is 0 Å². The molecular weight excluding hydrogens is 275 g/mol. The van der Waals surface area contributed by atoms with Crippen LogP contribution in [0.2, 0.25) is 0 Å². The van der Waals surface area contributed by atoms with Crippen molar-refractivity contribution in [1.29, 1.82) is 0 Å². The summed E-state index contributed by atoms with van der Waals surface area (Å²) >= 11 is 0.288. The third-order valence-electron chi connectivity index (χ3n) is 2.40. The molecule has 0 saturated heterocycles. The van der Waals surface area contributed by atoms with Gasteiger partial charge in [0.1, 0.15) is 0 Å². The summed E-state index contributed by atoms with van der Waals surface area (Å²) in [6.45, 7) is 4.16. The van der Waals surface area contributed by atoms with Crippen LogP contribution in [0.3, 0.4) is 0 Å². The average Bonchev–Trinajstić information content (AvgIpc) is 2.40. The first-order valence-corrected chi connectivity index (χ1v) is 7.07. The second-order valence-electron chi connectivity index (χ2n) is 3.57. The predicted molar refractivity (Wildman–Crippen MR) is 73.9 cm³/mol. The van der Waals surface area contributed by atoms with Crippen LogP contribution in [-0.4, -0.2) is 22.1 Å². The Bertz CT molecular complexity index is 488. The Morgan fingerprint density at radius 2 is 1.65 bits per heavy atom. The maximum absolute atomic E-state index is 5.14. The van der Waals surface area contributed by atoms with E-state index < -0.39 is 0 Å². The summed E-state index contributed by atoms with van der Waals surface area (Å²) in [5.74, 6) is 0.883. The van der Waals surface area contributed by atoms with Gasteiger partial charge in [0.25, 0.3) is 0 Å². The van der Waals surface area contributed by atoms with Crippen LogP contribution < -0.4 is 9.20 Å². The van der Waals surface area contributed by atoms with E-state index in [0.717, 1.165) is 5.75 Å². The third-order valence-corrected chi connectivity index (χ3v) is 4.47. The standard InChI is InChI=1S/C15H14OSe/c1-12(17-15-6-4-3-5-7-15)13-8-10-14(16-2)11-9-13/h3-11H,1H2,2H3. The molecule has 0 aromatic heterocycles. The van der Waals surface area contributed by atoms with Crippen LogP contribution in [0.15, 0.2) is 61.2 Å². The second kappa shape index (κ2) is 5.72. The van der Waals surface area contributed by atoms with Crippen molar-refractivity contribution in [1.82, 2.24) is 0 Å². The minimum absolute atomic E-state index is 0.288. The van der Waals surface area contributed by atoms with Gasteiger partial charge in [0.2, 0.25) is 0 Å². The van der Waals surface area contributed by atoms with Crippen LogP contribution in [0, 0.1) is 0 Å². The van der Waals surface area contributed by atoms with Crippen LogP contribution in [0.1, 0.15) is 5.56 Å². The van der Waals surface area contributed by atoms with Gasteiger partial charge >= 0.3 is 108 Å². The van der Waals surface area contributed by atoms with Crippen molar-refractivity contribution >= 4 is 23.9 Å². The topological polar surface area (TPSA) is 9.23 Å². The first-order chi connectivity index (χ1) is 8.29. The molecule has 0 aliphatic carbocycles. The number of benzene rings is 2. The van der Waals surface area contributed by atoms with Crippen LogP contribution in [0.5, 0.6) is 5.75 Å². The van der Waals surface area contributed by atoms with E-state index in [9.17, 15) is 0 Å². The van der Waals surface area contributed by atoms with Crippen molar-refractivity contribution in [3.63, 3.8) is 0 Å². The molecule has 0 amide bonds. The van der Waals surface area contributed by atoms with Gasteiger partial charge in [-0.15, -0.1) is 0 Å². The molecule has 2 rings (SSSR count). The Balaban J connectivity index is 2.09. The summed E-state index contributed by atoms with van der Waals surface area (Å²) in [5, 5.41) is 0. The molecule has 0 aliphatic rings. The summed E-state index contributed by atoms with van der Waals surface area (Å²) in [5.41, 5.74) is 1.19. The number of methoxy groups -OCH3 is 1. The molecule has 2 aromatic carbocycles. The van der Waals surface area contributed by atoms with E-state index in [2.05, 4.69) is 43.0 Å². The number of rotatable bonds is 4. The van der Waals surface area contributed by atoms with E-state index in [1.165, 1.54) is 14.5 Å². The van der Waals surface area contributed by atoms with E-state index in [-0.39, 0.29) is 15.0 Å². The molecule has 0 radical (unpaired) electrons. The van der Waals surface area contributed by atoms with Gasteiger partial charge in [0.15, 0.2) is 0 Å². The zero-order valence-electron chi connectivity index (χ0n) is 9.72. The molecule has 0 bridgehead atoms. The maximum atomic E-state index is 5.14. The van der Waals surface area contributed by atoms with Crippen molar-refractivity contribution in [2.45, 2.75) is 0 Å². The first kappa shape index (κ1) is 12.0. The van der Waals surface area contributed by atoms with Gasteiger partial charge in [-0.25, -0.2) is 0 Å². The predicted octanol–water partition coefficient (Wildman–Crippen LogP) is 2.70. The Morgan fingerprint density at radius 3 is 2.24 bits per heavy atom. The molecular formula is C15H14OSe. The van der Waals surface area contributed by atoms with Crippen molar-refractivity contribution in [3.05, 3.63) is 66.7 Å². The molecule has 0 saturated carbocycles. The van der Waals surface area contributed by atoms with Gasteiger partial charge < -0.3 is 0 Å². The molecule has 0 heterocycles. The number of ether oxygens (including phenoxy) is 1. The van der Waals surface area contributed by atoms with Crippen LogP contribution in [0.25, 0.3) is 4.47 Å². The van der Waals surface area contributed by atoms with E-state index in [1.54, 1.807) is 7.11 Å². The van der Waals surface area contributed by atoms with Gasteiger partial charge in [0, 0.05) is 0 Å². The van der Waals surface area contributed by atoms with Gasteiger partial charge in [-0.3, -0.25) is 0 Å². The van der Waals surface area contributed by atoms with E-state index in [4.69, 9.17) is 4.74 Å². The van der Waals surface area contributed by atoms with Crippen LogP contribution in [-0.2, 0) is 0 Å². The normalized spacial score (nSPS) is 9.94. The summed E-state index contributed by atoms with van der Waals surface area (Å²) in [4.78, 5) is 0. The quantitative estimate of drug-likeness (QED) is 0.786. The van der Waals surface area contributed by atoms with Crippen molar-refractivity contribution in [2.75, 3.05) is 7.11 Å². The zero-order valence-corrected chi connectivity index (χ0v) is 11.4. The fourth-order valence-corrected chi connectivity index (χ4v) is 3.21. The monoisotopic (exact) mass is 290 g/mol. The molecule has 0 unspecified atom stereocenters. The molecule has 0 N–H and O–H groups in total.